The van der Waals surface area contributed by atoms with Gasteiger partial charge in [-0.2, -0.15) is 0 Å². The second-order valence-corrected chi connectivity index (χ2v) is 14.7. The van der Waals surface area contributed by atoms with E-state index in [1.54, 1.807) is 14.0 Å². The molecule has 2 N–H and O–H groups in total. The highest BCUT2D eigenvalue weighted by molar-refractivity contribution is 6.57. The number of piperidine rings is 3. The zero-order valence-electron chi connectivity index (χ0n) is 27.5. The Balaban J connectivity index is 1.23. The molecule has 12 heteroatoms. The number of nitrogens with zero attached hydrogens (tertiary/aromatic N) is 4. The Morgan fingerprint density at radius 2 is 1.79 bits per heavy atom. The van der Waals surface area contributed by atoms with E-state index in [1.807, 2.05) is 48.7 Å². The molecule has 7 rings (SSSR count). The Kier molecular flexibility index (Phi) is 10.9. The summed E-state index contributed by atoms with van der Waals surface area (Å²) >= 11 is 0. The van der Waals surface area contributed by atoms with Crippen molar-refractivity contribution in [3.05, 3.63) is 60.3 Å². The van der Waals surface area contributed by atoms with Gasteiger partial charge in [0.15, 0.2) is 0 Å². The summed E-state index contributed by atoms with van der Waals surface area (Å²) in [5.41, 5.74) is 1.95. The summed E-state index contributed by atoms with van der Waals surface area (Å²) < 4.78 is 29.3. The Morgan fingerprint density at radius 3 is 2.53 bits per heavy atom. The summed E-state index contributed by atoms with van der Waals surface area (Å²) in [6, 6.07) is 16.3. The molecule has 1 unspecified atom stereocenters. The average Bonchev–Trinajstić information content (AvgIpc) is 3.10. The third-order valence-corrected chi connectivity index (χ3v) is 11.3. The molecule has 0 aliphatic carbocycles. The van der Waals surface area contributed by atoms with Gasteiger partial charge in [0.2, 0.25) is 11.8 Å². The molecule has 3 aliphatic heterocycles. The smallest absolute Gasteiger partial charge is 0.495 e. The zero-order valence-corrected chi connectivity index (χ0v) is 28.5. The maximum Gasteiger partial charge on any atom is 0.495 e. The monoisotopic (exact) mass is 662 g/mol. The number of fused-ring (bicyclic) bond motifs is 5. The summed E-state index contributed by atoms with van der Waals surface area (Å²) in [4.78, 5) is 27.0. The Morgan fingerprint density at radius 1 is 0.979 bits per heavy atom. The minimum atomic E-state index is -3.59. The Hall–Kier alpha value is -3.39. The number of aromatic nitrogens is 3. The molecule has 0 saturated carbocycles. The van der Waals surface area contributed by atoms with Crippen molar-refractivity contribution in [2.45, 2.75) is 57.7 Å². The minimum absolute atomic E-state index is 0.181. The maximum atomic E-state index is 9.85. The first kappa shape index (κ1) is 33.5. The van der Waals surface area contributed by atoms with Crippen LogP contribution in [0.4, 0.5) is 0 Å². The number of hydrogen-bond acceptors (Lipinski definition) is 11. The highest BCUT2D eigenvalue weighted by Gasteiger charge is 2.44. The summed E-state index contributed by atoms with van der Waals surface area (Å²) in [5, 5.41) is 11.7. The van der Waals surface area contributed by atoms with Crippen LogP contribution in [0.2, 0.25) is 6.04 Å². The SMILES string of the molecule is CCO[Si](O)(O)CCCOCCOc1nnc(O[C@H](c2ccnc3ccc(OC)cc23)[C@@H]2C[C@@H]3CCN2C[C@@H]3CC)c2ccccc12. The van der Waals surface area contributed by atoms with Crippen molar-refractivity contribution in [2.24, 2.45) is 11.8 Å². The second kappa shape index (κ2) is 15.2. The molecule has 11 nitrogen and oxygen atoms in total. The van der Waals surface area contributed by atoms with Crippen molar-refractivity contribution < 1.29 is 33.0 Å². The Bertz CT molecular complexity index is 1640. The van der Waals surface area contributed by atoms with E-state index in [-0.39, 0.29) is 31.4 Å². The molecule has 5 heterocycles. The van der Waals surface area contributed by atoms with Gasteiger partial charge in [-0.05, 0) is 81.0 Å². The average molecular weight is 663 g/mol. The molecule has 0 radical (unpaired) electrons. The summed E-state index contributed by atoms with van der Waals surface area (Å²) in [6.07, 6.45) is 5.54. The number of methoxy groups -OCH3 is 1. The van der Waals surface area contributed by atoms with Gasteiger partial charge in [-0.15, -0.1) is 10.2 Å². The van der Waals surface area contributed by atoms with Crippen molar-refractivity contribution in [1.29, 1.82) is 0 Å². The molecule has 0 amide bonds. The molecule has 2 aromatic heterocycles. The third-order valence-electron chi connectivity index (χ3n) is 9.59. The van der Waals surface area contributed by atoms with Crippen LogP contribution in [0.3, 0.4) is 0 Å². The fourth-order valence-corrected chi connectivity index (χ4v) is 8.42. The van der Waals surface area contributed by atoms with Gasteiger partial charge in [0.25, 0.3) is 0 Å². The predicted octanol–water partition coefficient (Wildman–Crippen LogP) is 5.17. The molecule has 0 spiro atoms. The van der Waals surface area contributed by atoms with Crippen LogP contribution >= 0.6 is 0 Å². The number of benzene rings is 2. The van der Waals surface area contributed by atoms with Crippen LogP contribution < -0.4 is 14.2 Å². The first-order valence-corrected chi connectivity index (χ1v) is 18.8. The predicted molar refractivity (Wildman–Crippen MR) is 181 cm³/mol. The molecule has 5 atom stereocenters. The quantitative estimate of drug-likeness (QED) is 0.122. The Labute approximate surface area is 277 Å². The van der Waals surface area contributed by atoms with Crippen LogP contribution in [0.5, 0.6) is 17.5 Å². The summed E-state index contributed by atoms with van der Waals surface area (Å²) in [5.74, 6) is 3.04. The number of pyridine rings is 1. The van der Waals surface area contributed by atoms with Crippen molar-refractivity contribution >= 4 is 30.5 Å². The van der Waals surface area contributed by atoms with E-state index in [0.29, 0.717) is 43.2 Å². The lowest BCUT2D eigenvalue weighted by atomic mass is 9.72. The normalized spacial score (nSPS) is 21.6. The molecule has 252 valence electrons. The van der Waals surface area contributed by atoms with Gasteiger partial charge < -0.3 is 33.0 Å². The molecule has 3 fully saturated rings. The van der Waals surface area contributed by atoms with Gasteiger partial charge in [0.05, 0.1) is 36.0 Å². The largest absolute Gasteiger partial charge is 0.497 e. The number of rotatable bonds is 16. The molecule has 4 aromatic rings. The number of ether oxygens (including phenoxy) is 4. The summed E-state index contributed by atoms with van der Waals surface area (Å²) in [7, 11) is -1.90. The van der Waals surface area contributed by atoms with E-state index in [9.17, 15) is 9.59 Å². The lowest BCUT2D eigenvalue weighted by Crippen LogP contribution is -2.56. The van der Waals surface area contributed by atoms with Crippen LogP contribution in [-0.4, -0.2) is 91.1 Å². The molecule has 2 aromatic carbocycles. The van der Waals surface area contributed by atoms with Crippen LogP contribution in [0.25, 0.3) is 21.7 Å². The van der Waals surface area contributed by atoms with Gasteiger partial charge >= 0.3 is 8.80 Å². The lowest BCUT2D eigenvalue weighted by molar-refractivity contribution is -0.0491. The standard InChI is InChI=1S/C35H46N4O7Si/c1-4-24-23-39-16-14-25(24)21-32(39)33(27-13-15-36-31-12-11-26(42-3)22-30(27)31)46-35-29-10-7-6-9-28(29)34(37-38-35)44-19-18-43-17-8-20-47(40,41)45-5-2/h6-7,9-13,15,22,24-25,32-33,40-41H,4-5,8,14,16-21,23H2,1-3H3/t24-,25-,32-,33+/m0/s1. The molecular weight excluding hydrogens is 616 g/mol. The first-order valence-electron chi connectivity index (χ1n) is 16.8. The molecule has 2 bridgehead atoms. The van der Waals surface area contributed by atoms with Gasteiger partial charge in [0.1, 0.15) is 18.5 Å². The van der Waals surface area contributed by atoms with Crippen LogP contribution in [-0.2, 0) is 9.16 Å². The zero-order chi connectivity index (χ0) is 32.8. The van der Waals surface area contributed by atoms with Gasteiger partial charge in [-0.1, -0.05) is 25.5 Å². The van der Waals surface area contributed by atoms with E-state index in [4.69, 9.17) is 23.4 Å². The van der Waals surface area contributed by atoms with Crippen LogP contribution in [0.15, 0.2) is 54.7 Å². The van der Waals surface area contributed by atoms with E-state index >= 15 is 0 Å². The summed E-state index contributed by atoms with van der Waals surface area (Å²) in [6.45, 7) is 7.44. The van der Waals surface area contributed by atoms with Crippen LogP contribution in [0.1, 0.15) is 51.2 Å². The molecule has 47 heavy (non-hydrogen) atoms. The second-order valence-electron chi connectivity index (χ2n) is 12.4. The van der Waals surface area contributed by atoms with E-state index in [0.717, 1.165) is 52.5 Å². The van der Waals surface area contributed by atoms with E-state index in [2.05, 4.69) is 33.1 Å². The fraction of sp³-hybridized carbons (Fsp3) is 0.514. The van der Waals surface area contributed by atoms with Crippen molar-refractivity contribution in [2.75, 3.05) is 46.6 Å². The topological polar surface area (TPSA) is 129 Å². The highest BCUT2D eigenvalue weighted by atomic mass is 28.4. The molecule has 3 aliphatic rings. The van der Waals surface area contributed by atoms with Crippen molar-refractivity contribution in [1.82, 2.24) is 20.1 Å². The minimum Gasteiger partial charge on any atom is -0.497 e. The van der Waals surface area contributed by atoms with Gasteiger partial charge in [0, 0.05) is 42.9 Å². The van der Waals surface area contributed by atoms with Crippen LogP contribution in [0, 0.1) is 11.8 Å². The van der Waals surface area contributed by atoms with Crippen molar-refractivity contribution in [3.63, 3.8) is 0 Å². The fourth-order valence-electron chi connectivity index (χ4n) is 7.20. The molecule has 3 saturated heterocycles. The van der Waals surface area contributed by atoms with E-state index in [1.165, 1.54) is 12.8 Å². The van der Waals surface area contributed by atoms with E-state index < -0.39 is 8.80 Å². The maximum absolute atomic E-state index is 9.85. The first-order chi connectivity index (χ1) is 22.9. The molecular formula is C35H46N4O7Si. The van der Waals surface area contributed by atoms with Gasteiger partial charge in [-0.25, -0.2) is 0 Å². The lowest BCUT2D eigenvalue weighted by Gasteiger charge is -2.51. The number of hydrogen-bond donors (Lipinski definition) is 2. The van der Waals surface area contributed by atoms with Crippen molar-refractivity contribution in [3.8, 4) is 17.5 Å². The highest BCUT2D eigenvalue weighted by Crippen LogP contribution is 2.45. The third kappa shape index (κ3) is 7.69. The van der Waals surface area contributed by atoms with Gasteiger partial charge in [-0.3, -0.25) is 9.88 Å².